The minimum atomic E-state index is -0.0808. The number of hydrogen-bond acceptors (Lipinski definition) is 2. The van der Waals surface area contributed by atoms with Crippen LogP contribution >= 0.6 is 0 Å². The van der Waals surface area contributed by atoms with E-state index in [4.69, 9.17) is 0 Å². The monoisotopic (exact) mass is 189 g/mol. The van der Waals surface area contributed by atoms with Crippen molar-refractivity contribution < 1.29 is 9.59 Å². The molecule has 1 heterocycles. The molecule has 3 heteroatoms. The highest BCUT2D eigenvalue weighted by Gasteiger charge is 2.18. The first-order valence-electron chi connectivity index (χ1n) is 4.60. The number of aryl methyl sites for hydroxylation is 1. The summed E-state index contributed by atoms with van der Waals surface area (Å²) in [6, 6.07) is 5.49. The second kappa shape index (κ2) is 3.25. The molecule has 1 aromatic carbocycles. The van der Waals surface area contributed by atoms with Gasteiger partial charge in [0.05, 0.1) is 5.69 Å². The van der Waals surface area contributed by atoms with E-state index in [-0.39, 0.29) is 18.1 Å². The van der Waals surface area contributed by atoms with E-state index in [1.165, 1.54) is 0 Å². The molecule has 14 heavy (non-hydrogen) atoms. The van der Waals surface area contributed by atoms with Crippen molar-refractivity contribution in [1.29, 1.82) is 0 Å². The second-order valence-corrected chi connectivity index (χ2v) is 3.52. The van der Waals surface area contributed by atoms with Crippen molar-refractivity contribution in [1.82, 2.24) is 0 Å². The van der Waals surface area contributed by atoms with Crippen molar-refractivity contribution in [2.24, 2.45) is 0 Å². The summed E-state index contributed by atoms with van der Waals surface area (Å²) < 4.78 is 0. The number of benzene rings is 1. The fourth-order valence-electron chi connectivity index (χ4n) is 1.58. The fourth-order valence-corrected chi connectivity index (χ4v) is 1.58. The van der Waals surface area contributed by atoms with Crippen LogP contribution in [0.1, 0.15) is 28.8 Å². The van der Waals surface area contributed by atoms with Crippen LogP contribution in [0.25, 0.3) is 0 Å². The maximum Gasteiger partial charge on any atom is 0.224 e. The van der Waals surface area contributed by atoms with Gasteiger partial charge >= 0.3 is 0 Å². The van der Waals surface area contributed by atoms with Crippen LogP contribution in [-0.4, -0.2) is 11.7 Å². The number of carbonyl (C=O) groups is 2. The molecule has 0 radical (unpaired) electrons. The van der Waals surface area contributed by atoms with E-state index in [2.05, 4.69) is 5.32 Å². The molecule has 0 saturated heterocycles. The quantitative estimate of drug-likeness (QED) is 0.677. The maximum absolute atomic E-state index is 11.6. The number of Topliss-reactive ketones (excluding diaryl/α,β-unsaturated/α-hetero) is 1. The SMILES string of the molecule is Cc1ccc2c(c1)NC(=O)CCC2=O. The maximum atomic E-state index is 11.6. The topological polar surface area (TPSA) is 46.2 Å². The minimum Gasteiger partial charge on any atom is -0.325 e. The third-order valence-electron chi connectivity index (χ3n) is 2.33. The lowest BCUT2D eigenvalue weighted by molar-refractivity contribution is -0.116. The molecule has 1 amide bonds. The Kier molecular flexibility index (Phi) is 2.08. The van der Waals surface area contributed by atoms with E-state index in [1.54, 1.807) is 6.07 Å². The smallest absolute Gasteiger partial charge is 0.224 e. The number of ketones is 1. The summed E-state index contributed by atoms with van der Waals surface area (Å²) in [6.07, 6.45) is 0.592. The zero-order valence-corrected chi connectivity index (χ0v) is 7.96. The average Bonchev–Trinajstić information content (AvgIpc) is 2.26. The van der Waals surface area contributed by atoms with Crippen LogP contribution in [0.4, 0.5) is 5.69 Å². The van der Waals surface area contributed by atoms with E-state index in [0.717, 1.165) is 5.56 Å². The molecule has 0 atom stereocenters. The first kappa shape index (κ1) is 8.94. The van der Waals surface area contributed by atoms with Crippen molar-refractivity contribution >= 4 is 17.4 Å². The van der Waals surface area contributed by atoms with E-state index in [1.807, 2.05) is 19.1 Å². The molecule has 3 nitrogen and oxygen atoms in total. The molecule has 2 rings (SSSR count). The highest BCUT2D eigenvalue weighted by molar-refractivity contribution is 6.09. The lowest BCUT2D eigenvalue weighted by atomic mass is 10.0. The number of carbonyl (C=O) groups excluding carboxylic acids is 2. The summed E-state index contributed by atoms with van der Waals surface area (Å²) in [5, 5.41) is 2.73. The molecular formula is C11H11NO2. The summed E-state index contributed by atoms with van der Waals surface area (Å²) in [6.45, 7) is 1.93. The van der Waals surface area contributed by atoms with Gasteiger partial charge in [-0.3, -0.25) is 9.59 Å². The van der Waals surface area contributed by atoms with Gasteiger partial charge in [0.2, 0.25) is 5.91 Å². The predicted octanol–water partition coefficient (Wildman–Crippen LogP) is 1.91. The molecule has 0 spiro atoms. The van der Waals surface area contributed by atoms with Crippen LogP contribution in [0, 0.1) is 6.92 Å². The van der Waals surface area contributed by atoms with E-state index in [9.17, 15) is 9.59 Å². The number of nitrogens with one attached hydrogen (secondary N) is 1. The number of fused-ring (bicyclic) bond motifs is 1. The Morgan fingerprint density at radius 2 is 2.00 bits per heavy atom. The molecule has 0 unspecified atom stereocenters. The first-order valence-corrected chi connectivity index (χ1v) is 4.60. The molecule has 0 aromatic heterocycles. The molecule has 1 N–H and O–H groups in total. The Morgan fingerprint density at radius 3 is 2.79 bits per heavy atom. The largest absolute Gasteiger partial charge is 0.325 e. The number of hydrogen-bond donors (Lipinski definition) is 1. The van der Waals surface area contributed by atoms with Crippen molar-refractivity contribution in [3.63, 3.8) is 0 Å². The van der Waals surface area contributed by atoms with Crippen molar-refractivity contribution in [3.8, 4) is 0 Å². The van der Waals surface area contributed by atoms with Crippen LogP contribution in [0.5, 0.6) is 0 Å². The first-order chi connectivity index (χ1) is 6.66. The van der Waals surface area contributed by atoms with Crippen molar-refractivity contribution in [3.05, 3.63) is 29.3 Å². The van der Waals surface area contributed by atoms with Gasteiger partial charge in [0.25, 0.3) is 0 Å². The zero-order chi connectivity index (χ0) is 10.1. The van der Waals surface area contributed by atoms with Gasteiger partial charge in [0, 0.05) is 18.4 Å². The molecule has 0 bridgehead atoms. The molecular weight excluding hydrogens is 178 g/mol. The normalized spacial score (nSPS) is 15.8. The summed E-state index contributed by atoms with van der Waals surface area (Å²) in [4.78, 5) is 22.8. The Hall–Kier alpha value is -1.64. The molecule has 0 fully saturated rings. The molecule has 72 valence electrons. The Bertz CT molecular complexity index is 410. The zero-order valence-electron chi connectivity index (χ0n) is 7.96. The fraction of sp³-hybridized carbons (Fsp3) is 0.273. The molecule has 1 aromatic rings. The van der Waals surface area contributed by atoms with Gasteiger partial charge < -0.3 is 5.32 Å². The van der Waals surface area contributed by atoms with E-state index < -0.39 is 0 Å². The molecule has 1 aliphatic rings. The molecule has 0 saturated carbocycles. The lowest BCUT2D eigenvalue weighted by Gasteiger charge is -2.05. The third-order valence-corrected chi connectivity index (χ3v) is 2.33. The summed E-state index contributed by atoms with van der Waals surface area (Å²) >= 11 is 0. The standard InChI is InChI=1S/C11H11NO2/c1-7-2-3-8-9(6-7)12-11(14)5-4-10(8)13/h2-3,6H,4-5H2,1H3,(H,12,14). The van der Waals surface area contributed by atoms with Crippen molar-refractivity contribution in [2.75, 3.05) is 5.32 Å². The van der Waals surface area contributed by atoms with Crippen LogP contribution in [0.15, 0.2) is 18.2 Å². The second-order valence-electron chi connectivity index (χ2n) is 3.52. The lowest BCUT2D eigenvalue weighted by Crippen LogP contribution is -2.09. The highest BCUT2D eigenvalue weighted by Crippen LogP contribution is 2.22. The number of anilines is 1. The van der Waals surface area contributed by atoms with Gasteiger partial charge in [0.1, 0.15) is 0 Å². The van der Waals surface area contributed by atoms with Crippen LogP contribution < -0.4 is 5.32 Å². The molecule has 1 aliphatic heterocycles. The molecule has 0 aliphatic carbocycles. The van der Waals surface area contributed by atoms with Gasteiger partial charge in [-0.1, -0.05) is 6.07 Å². The van der Waals surface area contributed by atoms with Gasteiger partial charge in [-0.15, -0.1) is 0 Å². The van der Waals surface area contributed by atoms with Crippen LogP contribution in [0.3, 0.4) is 0 Å². The van der Waals surface area contributed by atoms with Crippen LogP contribution in [0.2, 0.25) is 0 Å². The van der Waals surface area contributed by atoms with Gasteiger partial charge in [0.15, 0.2) is 5.78 Å². The van der Waals surface area contributed by atoms with Gasteiger partial charge in [-0.2, -0.15) is 0 Å². The van der Waals surface area contributed by atoms with E-state index in [0.29, 0.717) is 17.7 Å². The minimum absolute atomic E-state index is 0.0401. The summed E-state index contributed by atoms with van der Waals surface area (Å²) in [5.74, 6) is -0.0407. The Labute approximate surface area is 82.1 Å². The van der Waals surface area contributed by atoms with Crippen LogP contribution in [-0.2, 0) is 4.79 Å². The predicted molar refractivity (Wildman–Crippen MR) is 53.4 cm³/mol. The third kappa shape index (κ3) is 1.53. The average molecular weight is 189 g/mol. The van der Waals surface area contributed by atoms with Gasteiger partial charge in [-0.25, -0.2) is 0 Å². The summed E-state index contributed by atoms with van der Waals surface area (Å²) in [7, 11) is 0. The van der Waals surface area contributed by atoms with E-state index >= 15 is 0 Å². The van der Waals surface area contributed by atoms with Crippen molar-refractivity contribution in [2.45, 2.75) is 19.8 Å². The number of rotatable bonds is 0. The highest BCUT2D eigenvalue weighted by atomic mass is 16.2. The number of amides is 1. The Balaban J connectivity index is 2.52. The van der Waals surface area contributed by atoms with Gasteiger partial charge in [-0.05, 0) is 24.6 Å². The summed E-state index contributed by atoms with van der Waals surface area (Å²) in [5.41, 5.74) is 2.32. The Morgan fingerprint density at radius 1 is 1.21 bits per heavy atom.